The largest absolute Gasteiger partial charge is 0.321 e. The van der Waals surface area contributed by atoms with Crippen molar-refractivity contribution in [1.29, 1.82) is 0 Å². The standard InChI is InChI=1S/C23H21ClN6OS/c1-2-25-14-18(24)7-6-16-10-11-27-32-21(12-16)23(31)28-19-5-3-4-17(13-19)22-29-26-15-30(22)20-8-9-20/h2-5,7,10-15,20H,1,6,8-9H2,(H,28,31)/b18-7+,25-14?. The molecule has 2 aliphatic rings. The lowest BCUT2D eigenvalue weighted by molar-refractivity contribution is -0.112. The van der Waals surface area contributed by atoms with Gasteiger partial charge in [0.25, 0.3) is 5.91 Å². The average molecular weight is 465 g/mol. The SMILES string of the molecule is C=CN=C/C(Cl)=C\CC1=CC=NSC(C(=O)Nc2cccc(-c3nncn3C3CC3)c2)=C1. The minimum Gasteiger partial charge on any atom is -0.321 e. The van der Waals surface area contributed by atoms with E-state index < -0.39 is 0 Å². The molecule has 1 N–H and O–H groups in total. The molecular formula is C23H21ClN6OS. The van der Waals surface area contributed by atoms with Crippen LogP contribution >= 0.6 is 23.5 Å². The number of aromatic nitrogens is 3. The predicted molar refractivity (Wildman–Crippen MR) is 132 cm³/mol. The summed E-state index contributed by atoms with van der Waals surface area (Å²) in [6.07, 6.45) is 14.7. The first-order valence-electron chi connectivity index (χ1n) is 10.1. The third kappa shape index (κ3) is 5.72. The van der Waals surface area contributed by atoms with Gasteiger partial charge in [-0.3, -0.25) is 9.79 Å². The maximum absolute atomic E-state index is 12.9. The maximum Gasteiger partial charge on any atom is 0.263 e. The third-order valence-electron chi connectivity index (χ3n) is 4.77. The topological polar surface area (TPSA) is 84.5 Å². The molecule has 1 amide bonds. The zero-order chi connectivity index (χ0) is 22.3. The fourth-order valence-electron chi connectivity index (χ4n) is 3.08. The van der Waals surface area contributed by atoms with E-state index in [4.69, 9.17) is 11.6 Å². The summed E-state index contributed by atoms with van der Waals surface area (Å²) in [5.74, 6) is 0.578. The predicted octanol–water partition coefficient (Wildman–Crippen LogP) is 5.49. The number of aliphatic imine (C=N–C) groups is 1. The number of amides is 1. The first kappa shape index (κ1) is 22.0. The first-order valence-corrected chi connectivity index (χ1v) is 11.2. The molecule has 9 heteroatoms. The molecule has 1 aliphatic heterocycles. The Morgan fingerprint density at radius 1 is 1.41 bits per heavy atom. The van der Waals surface area contributed by atoms with Gasteiger partial charge in [-0.15, -0.1) is 10.2 Å². The van der Waals surface area contributed by atoms with Crippen LogP contribution in [-0.2, 0) is 4.79 Å². The molecule has 0 spiro atoms. The van der Waals surface area contributed by atoms with Gasteiger partial charge in [-0.2, -0.15) is 0 Å². The van der Waals surface area contributed by atoms with Crippen molar-refractivity contribution in [3.05, 3.63) is 77.1 Å². The number of nitrogens with zero attached hydrogens (tertiary/aromatic N) is 5. The molecule has 2 aromatic rings. The lowest BCUT2D eigenvalue weighted by atomic mass is 10.1. The summed E-state index contributed by atoms with van der Waals surface area (Å²) in [6, 6.07) is 8.09. The second kappa shape index (κ2) is 10.4. The second-order valence-electron chi connectivity index (χ2n) is 7.18. The normalized spacial score (nSPS) is 16.5. The van der Waals surface area contributed by atoms with Crippen LogP contribution in [-0.4, -0.2) is 33.1 Å². The van der Waals surface area contributed by atoms with Crippen molar-refractivity contribution in [3.8, 4) is 11.4 Å². The molecular weight excluding hydrogens is 444 g/mol. The van der Waals surface area contributed by atoms with Crippen molar-refractivity contribution in [2.45, 2.75) is 25.3 Å². The van der Waals surface area contributed by atoms with Crippen LogP contribution in [0.1, 0.15) is 25.3 Å². The number of halogens is 1. The molecule has 1 saturated carbocycles. The van der Waals surface area contributed by atoms with Gasteiger partial charge in [0.1, 0.15) is 6.33 Å². The van der Waals surface area contributed by atoms with Gasteiger partial charge in [0.15, 0.2) is 5.82 Å². The summed E-state index contributed by atoms with van der Waals surface area (Å²) in [7, 11) is 0. The Kier molecular flexibility index (Phi) is 7.14. The molecule has 2 heterocycles. The van der Waals surface area contributed by atoms with Crippen molar-refractivity contribution >= 4 is 47.6 Å². The van der Waals surface area contributed by atoms with Crippen molar-refractivity contribution in [2.24, 2.45) is 9.39 Å². The molecule has 1 aromatic carbocycles. The fourth-order valence-corrected chi connectivity index (χ4v) is 3.79. The van der Waals surface area contributed by atoms with E-state index in [1.54, 1.807) is 12.5 Å². The number of carbonyl (C=O) groups is 1. The number of hydrogen-bond donors (Lipinski definition) is 1. The summed E-state index contributed by atoms with van der Waals surface area (Å²) < 4.78 is 6.30. The molecule has 4 rings (SSSR count). The monoisotopic (exact) mass is 464 g/mol. The van der Waals surface area contributed by atoms with E-state index in [2.05, 4.69) is 36.1 Å². The minimum atomic E-state index is -0.232. The van der Waals surface area contributed by atoms with Gasteiger partial charge < -0.3 is 9.88 Å². The highest BCUT2D eigenvalue weighted by Crippen LogP contribution is 2.37. The van der Waals surface area contributed by atoms with Crippen molar-refractivity contribution in [2.75, 3.05) is 5.32 Å². The maximum atomic E-state index is 12.9. The lowest BCUT2D eigenvalue weighted by Gasteiger charge is -2.09. The van der Waals surface area contributed by atoms with Gasteiger partial charge in [0.05, 0.1) is 9.94 Å². The smallest absolute Gasteiger partial charge is 0.263 e. The summed E-state index contributed by atoms with van der Waals surface area (Å²) >= 11 is 7.23. The quantitative estimate of drug-likeness (QED) is 0.413. The zero-order valence-corrected chi connectivity index (χ0v) is 18.8. The Morgan fingerprint density at radius 3 is 3.09 bits per heavy atom. The Labute approximate surface area is 195 Å². The highest BCUT2D eigenvalue weighted by atomic mass is 35.5. The van der Waals surface area contributed by atoms with E-state index >= 15 is 0 Å². The number of carbonyl (C=O) groups excluding carboxylic acids is 1. The van der Waals surface area contributed by atoms with Crippen LogP contribution in [0.15, 0.2) is 86.5 Å². The molecule has 1 aliphatic carbocycles. The van der Waals surface area contributed by atoms with Gasteiger partial charge in [-0.25, -0.2) is 4.40 Å². The summed E-state index contributed by atoms with van der Waals surface area (Å²) in [6.45, 7) is 3.52. The zero-order valence-electron chi connectivity index (χ0n) is 17.2. The Hall–Kier alpha value is -3.23. The number of anilines is 1. The number of hydrogen-bond acceptors (Lipinski definition) is 6. The molecule has 1 fully saturated rings. The first-order chi connectivity index (χ1) is 15.6. The Bertz CT molecular complexity index is 1170. The van der Waals surface area contributed by atoms with E-state index in [0.717, 1.165) is 41.8 Å². The van der Waals surface area contributed by atoms with Crippen molar-refractivity contribution in [3.63, 3.8) is 0 Å². The third-order valence-corrected chi connectivity index (χ3v) is 5.75. The summed E-state index contributed by atoms with van der Waals surface area (Å²) in [5, 5.41) is 11.8. The highest BCUT2D eigenvalue weighted by molar-refractivity contribution is 8.02. The van der Waals surface area contributed by atoms with Crippen LogP contribution in [0.3, 0.4) is 0 Å². The molecule has 7 nitrogen and oxygen atoms in total. The number of allylic oxidation sites excluding steroid dienone is 5. The number of rotatable bonds is 8. The van der Waals surface area contributed by atoms with Gasteiger partial charge >= 0.3 is 0 Å². The summed E-state index contributed by atoms with van der Waals surface area (Å²) in [5.41, 5.74) is 2.50. The molecule has 0 radical (unpaired) electrons. The van der Waals surface area contributed by atoms with Crippen LogP contribution in [0, 0.1) is 0 Å². The number of benzene rings is 1. The van der Waals surface area contributed by atoms with E-state index in [9.17, 15) is 4.79 Å². The van der Waals surface area contributed by atoms with Crippen LogP contribution in [0.5, 0.6) is 0 Å². The van der Waals surface area contributed by atoms with Crippen LogP contribution in [0.2, 0.25) is 0 Å². The minimum absolute atomic E-state index is 0.232. The Balaban J connectivity index is 1.47. The van der Waals surface area contributed by atoms with Gasteiger partial charge in [0.2, 0.25) is 0 Å². The second-order valence-corrected chi connectivity index (χ2v) is 8.45. The van der Waals surface area contributed by atoms with E-state index in [0.29, 0.717) is 28.1 Å². The van der Waals surface area contributed by atoms with Crippen molar-refractivity contribution < 1.29 is 4.79 Å². The van der Waals surface area contributed by atoms with Crippen LogP contribution in [0.4, 0.5) is 5.69 Å². The molecule has 0 unspecified atom stereocenters. The number of nitrogens with one attached hydrogen (secondary N) is 1. The fraction of sp³-hybridized carbons (Fsp3) is 0.174. The molecule has 0 atom stereocenters. The van der Waals surface area contributed by atoms with Gasteiger partial charge in [0, 0.05) is 47.9 Å². The van der Waals surface area contributed by atoms with Gasteiger partial charge in [-0.05, 0) is 49.1 Å². The Morgan fingerprint density at radius 2 is 2.28 bits per heavy atom. The van der Waals surface area contributed by atoms with Crippen molar-refractivity contribution in [1.82, 2.24) is 14.8 Å². The molecule has 0 saturated heterocycles. The average Bonchev–Trinajstić information content (AvgIpc) is 3.58. The van der Waals surface area contributed by atoms with E-state index in [-0.39, 0.29) is 5.91 Å². The van der Waals surface area contributed by atoms with Crippen LogP contribution in [0.25, 0.3) is 11.4 Å². The highest BCUT2D eigenvalue weighted by Gasteiger charge is 2.26. The molecule has 32 heavy (non-hydrogen) atoms. The molecule has 1 aromatic heterocycles. The van der Waals surface area contributed by atoms with Gasteiger partial charge in [-0.1, -0.05) is 36.4 Å². The summed E-state index contributed by atoms with van der Waals surface area (Å²) in [4.78, 5) is 17.3. The lowest BCUT2D eigenvalue weighted by Crippen LogP contribution is -2.12. The molecule has 162 valence electrons. The van der Waals surface area contributed by atoms with Crippen LogP contribution < -0.4 is 5.32 Å². The van der Waals surface area contributed by atoms with E-state index in [1.165, 1.54) is 12.4 Å². The van der Waals surface area contributed by atoms with E-state index in [1.807, 2.05) is 42.5 Å². The molecule has 0 bridgehead atoms.